The van der Waals surface area contributed by atoms with E-state index in [2.05, 4.69) is 40.3 Å². The third-order valence-electron chi connectivity index (χ3n) is 2.62. The lowest BCUT2D eigenvalue weighted by atomic mass is 10.2. The monoisotopic (exact) mass is 305 g/mol. The predicted molar refractivity (Wildman–Crippen MR) is 79.3 cm³/mol. The average Bonchev–Trinajstić information content (AvgIpc) is 2.40. The molecule has 0 aliphatic heterocycles. The minimum atomic E-state index is 0.643. The molecule has 0 radical (unpaired) electrons. The summed E-state index contributed by atoms with van der Waals surface area (Å²) in [7, 11) is 0. The standard InChI is InChI=1S/C15H16BrNO/c1-12-6-5-9-14(15(12)16)17-10-11-18-13-7-3-2-4-8-13/h2-9,17H,10-11H2,1H3. The largest absolute Gasteiger partial charge is 0.492 e. The summed E-state index contributed by atoms with van der Waals surface area (Å²) in [5, 5.41) is 3.35. The van der Waals surface area contributed by atoms with Crippen molar-refractivity contribution < 1.29 is 4.74 Å². The Hall–Kier alpha value is -1.48. The van der Waals surface area contributed by atoms with Crippen molar-refractivity contribution in [3.05, 3.63) is 58.6 Å². The molecule has 94 valence electrons. The fourth-order valence-corrected chi connectivity index (χ4v) is 2.06. The lowest BCUT2D eigenvalue weighted by Gasteiger charge is -2.11. The smallest absolute Gasteiger partial charge is 0.119 e. The molecule has 0 atom stereocenters. The Morgan fingerprint density at radius 1 is 1.06 bits per heavy atom. The van der Waals surface area contributed by atoms with Crippen molar-refractivity contribution in [2.24, 2.45) is 0 Å². The predicted octanol–water partition coefficient (Wildman–Crippen LogP) is 4.25. The van der Waals surface area contributed by atoms with E-state index in [1.807, 2.05) is 36.4 Å². The van der Waals surface area contributed by atoms with Crippen LogP contribution in [-0.4, -0.2) is 13.2 Å². The summed E-state index contributed by atoms with van der Waals surface area (Å²) in [5.74, 6) is 0.905. The SMILES string of the molecule is Cc1cccc(NCCOc2ccccc2)c1Br. The van der Waals surface area contributed by atoms with Crippen molar-refractivity contribution in [1.29, 1.82) is 0 Å². The number of benzene rings is 2. The molecule has 2 nitrogen and oxygen atoms in total. The van der Waals surface area contributed by atoms with Gasteiger partial charge >= 0.3 is 0 Å². The number of hydrogen-bond acceptors (Lipinski definition) is 2. The van der Waals surface area contributed by atoms with E-state index in [-0.39, 0.29) is 0 Å². The topological polar surface area (TPSA) is 21.3 Å². The lowest BCUT2D eigenvalue weighted by molar-refractivity contribution is 0.333. The Morgan fingerprint density at radius 2 is 1.83 bits per heavy atom. The van der Waals surface area contributed by atoms with E-state index < -0.39 is 0 Å². The molecule has 0 bridgehead atoms. The maximum Gasteiger partial charge on any atom is 0.119 e. The number of rotatable bonds is 5. The van der Waals surface area contributed by atoms with Crippen molar-refractivity contribution >= 4 is 21.6 Å². The van der Waals surface area contributed by atoms with Gasteiger partial charge < -0.3 is 10.1 Å². The van der Waals surface area contributed by atoms with Gasteiger partial charge in [0.15, 0.2) is 0 Å². The first kappa shape index (κ1) is 13.0. The molecule has 0 fully saturated rings. The van der Waals surface area contributed by atoms with E-state index in [9.17, 15) is 0 Å². The van der Waals surface area contributed by atoms with Crippen LogP contribution in [0.1, 0.15) is 5.56 Å². The maximum atomic E-state index is 5.62. The van der Waals surface area contributed by atoms with Gasteiger partial charge in [0, 0.05) is 16.7 Å². The molecule has 0 aromatic heterocycles. The summed E-state index contributed by atoms with van der Waals surface area (Å²) in [6, 6.07) is 16.0. The van der Waals surface area contributed by atoms with Crippen LogP contribution < -0.4 is 10.1 Å². The van der Waals surface area contributed by atoms with E-state index in [0.29, 0.717) is 6.61 Å². The summed E-state index contributed by atoms with van der Waals surface area (Å²) in [4.78, 5) is 0. The number of halogens is 1. The summed E-state index contributed by atoms with van der Waals surface area (Å²) < 4.78 is 6.74. The molecule has 0 heterocycles. The van der Waals surface area contributed by atoms with Gasteiger partial charge in [-0.2, -0.15) is 0 Å². The third-order valence-corrected chi connectivity index (χ3v) is 3.67. The van der Waals surface area contributed by atoms with Gasteiger partial charge in [0.1, 0.15) is 12.4 Å². The molecular formula is C15H16BrNO. The first-order chi connectivity index (χ1) is 8.77. The van der Waals surface area contributed by atoms with Gasteiger partial charge in [0.25, 0.3) is 0 Å². The Morgan fingerprint density at radius 3 is 2.61 bits per heavy atom. The molecular weight excluding hydrogens is 290 g/mol. The van der Waals surface area contributed by atoms with E-state index in [1.165, 1.54) is 5.56 Å². The van der Waals surface area contributed by atoms with Gasteiger partial charge in [-0.1, -0.05) is 30.3 Å². The zero-order valence-corrected chi connectivity index (χ0v) is 11.9. The van der Waals surface area contributed by atoms with Crippen LogP contribution >= 0.6 is 15.9 Å². The molecule has 0 amide bonds. The average molecular weight is 306 g/mol. The zero-order chi connectivity index (χ0) is 12.8. The van der Waals surface area contributed by atoms with Crippen LogP contribution in [0, 0.1) is 6.92 Å². The number of para-hydroxylation sites is 1. The van der Waals surface area contributed by atoms with Gasteiger partial charge in [-0.25, -0.2) is 0 Å². The van der Waals surface area contributed by atoms with Gasteiger partial charge in [0.05, 0.1) is 0 Å². The highest BCUT2D eigenvalue weighted by Gasteiger charge is 2.01. The summed E-state index contributed by atoms with van der Waals surface area (Å²) >= 11 is 3.57. The van der Waals surface area contributed by atoms with Crippen LogP contribution in [-0.2, 0) is 0 Å². The molecule has 0 saturated carbocycles. The fraction of sp³-hybridized carbons (Fsp3) is 0.200. The quantitative estimate of drug-likeness (QED) is 0.834. The van der Waals surface area contributed by atoms with Gasteiger partial charge in [-0.3, -0.25) is 0 Å². The van der Waals surface area contributed by atoms with Crippen LogP contribution in [0.25, 0.3) is 0 Å². The van der Waals surface area contributed by atoms with Crippen LogP contribution in [0.3, 0.4) is 0 Å². The second kappa shape index (κ2) is 6.45. The van der Waals surface area contributed by atoms with Gasteiger partial charge in [-0.15, -0.1) is 0 Å². The van der Waals surface area contributed by atoms with Crippen LogP contribution in [0.4, 0.5) is 5.69 Å². The highest BCUT2D eigenvalue weighted by Crippen LogP contribution is 2.25. The lowest BCUT2D eigenvalue weighted by Crippen LogP contribution is -2.11. The normalized spacial score (nSPS) is 10.1. The molecule has 0 unspecified atom stereocenters. The third kappa shape index (κ3) is 3.50. The molecule has 0 saturated heterocycles. The van der Waals surface area contributed by atoms with Crippen molar-refractivity contribution in [2.75, 3.05) is 18.5 Å². The Balaban J connectivity index is 1.81. The number of ether oxygens (including phenoxy) is 1. The number of nitrogens with one attached hydrogen (secondary N) is 1. The second-order valence-corrected chi connectivity index (χ2v) is 4.82. The van der Waals surface area contributed by atoms with Crippen molar-refractivity contribution in [2.45, 2.75) is 6.92 Å². The van der Waals surface area contributed by atoms with Crippen LogP contribution in [0.15, 0.2) is 53.0 Å². The van der Waals surface area contributed by atoms with Gasteiger partial charge in [0.2, 0.25) is 0 Å². The Kier molecular flexibility index (Phi) is 4.65. The first-order valence-corrected chi connectivity index (χ1v) is 6.73. The van der Waals surface area contributed by atoms with Crippen molar-refractivity contribution in [3.63, 3.8) is 0 Å². The summed E-state index contributed by atoms with van der Waals surface area (Å²) in [5.41, 5.74) is 2.33. The number of hydrogen-bond donors (Lipinski definition) is 1. The molecule has 3 heteroatoms. The van der Waals surface area contributed by atoms with Crippen molar-refractivity contribution in [1.82, 2.24) is 0 Å². The van der Waals surface area contributed by atoms with E-state index in [0.717, 1.165) is 22.5 Å². The number of anilines is 1. The molecule has 2 aromatic carbocycles. The fourth-order valence-electron chi connectivity index (χ4n) is 1.66. The van der Waals surface area contributed by atoms with Crippen LogP contribution in [0.5, 0.6) is 5.75 Å². The molecule has 2 rings (SSSR count). The Bertz CT molecular complexity index is 499. The summed E-state index contributed by atoms with van der Waals surface area (Å²) in [6.45, 7) is 3.50. The Labute approximate surface area is 116 Å². The molecule has 1 N–H and O–H groups in total. The maximum absolute atomic E-state index is 5.62. The van der Waals surface area contributed by atoms with E-state index in [1.54, 1.807) is 0 Å². The minimum Gasteiger partial charge on any atom is -0.492 e. The van der Waals surface area contributed by atoms with E-state index >= 15 is 0 Å². The van der Waals surface area contributed by atoms with Crippen molar-refractivity contribution in [3.8, 4) is 5.75 Å². The molecule has 2 aromatic rings. The zero-order valence-electron chi connectivity index (χ0n) is 10.3. The van der Waals surface area contributed by atoms with Crippen LogP contribution in [0.2, 0.25) is 0 Å². The first-order valence-electron chi connectivity index (χ1n) is 5.94. The van der Waals surface area contributed by atoms with E-state index in [4.69, 9.17) is 4.74 Å². The molecule has 0 aliphatic carbocycles. The number of aryl methyl sites for hydroxylation is 1. The van der Waals surface area contributed by atoms with Gasteiger partial charge in [-0.05, 0) is 46.6 Å². The molecule has 18 heavy (non-hydrogen) atoms. The molecule has 0 aliphatic rings. The highest BCUT2D eigenvalue weighted by molar-refractivity contribution is 9.10. The second-order valence-electron chi connectivity index (χ2n) is 4.02. The minimum absolute atomic E-state index is 0.643. The highest BCUT2D eigenvalue weighted by atomic mass is 79.9. The molecule has 0 spiro atoms. The summed E-state index contributed by atoms with van der Waals surface area (Å²) in [6.07, 6.45) is 0.